The first kappa shape index (κ1) is 19.0. The monoisotopic (exact) mass is 372 g/mol. The summed E-state index contributed by atoms with van der Waals surface area (Å²) in [4.78, 5) is -0.129. The number of sulfonamides is 1. The molecule has 0 bridgehead atoms. The number of rotatable bonds is 6. The summed E-state index contributed by atoms with van der Waals surface area (Å²) in [5, 5.41) is 0.299. The summed E-state index contributed by atoms with van der Waals surface area (Å²) in [6.45, 7) is 4.27. The third-order valence-electron chi connectivity index (χ3n) is 3.26. The molecule has 1 aromatic carbocycles. The Labute approximate surface area is 141 Å². The molecule has 0 saturated carbocycles. The zero-order valence-electron chi connectivity index (χ0n) is 12.1. The summed E-state index contributed by atoms with van der Waals surface area (Å²) in [5.74, 6) is 0.281. The minimum Gasteiger partial charge on any atom is -0.327 e. The normalized spacial score (nSPS) is 14.0. The van der Waals surface area contributed by atoms with Crippen LogP contribution in [-0.2, 0) is 10.0 Å². The van der Waals surface area contributed by atoms with E-state index in [0.29, 0.717) is 6.42 Å². The molecule has 1 unspecified atom stereocenters. The number of hydrogen-bond donors (Lipinski definition) is 1. The molecule has 0 aliphatic rings. The van der Waals surface area contributed by atoms with Crippen LogP contribution in [-0.4, -0.2) is 32.4 Å². The Balaban J connectivity index is 3.01. The maximum Gasteiger partial charge on any atom is 0.245 e. The number of nitrogens with zero attached hydrogens (tertiary/aromatic N) is 1. The molecule has 0 saturated heterocycles. The highest BCUT2D eigenvalue weighted by molar-refractivity contribution is 7.89. The molecule has 4 nitrogen and oxygen atoms in total. The Bertz CT molecular complexity index is 582. The summed E-state index contributed by atoms with van der Waals surface area (Å²) >= 11 is 17.7. The van der Waals surface area contributed by atoms with Gasteiger partial charge >= 0.3 is 0 Å². The molecule has 0 fully saturated rings. The molecule has 0 aliphatic heterocycles. The minimum absolute atomic E-state index is 0.00695. The van der Waals surface area contributed by atoms with Gasteiger partial charge in [-0.2, -0.15) is 0 Å². The molecule has 21 heavy (non-hydrogen) atoms. The molecule has 0 amide bonds. The van der Waals surface area contributed by atoms with Gasteiger partial charge in [-0.1, -0.05) is 48.7 Å². The van der Waals surface area contributed by atoms with Crippen LogP contribution in [0.15, 0.2) is 17.0 Å². The molecule has 1 atom stereocenters. The van der Waals surface area contributed by atoms with E-state index in [4.69, 9.17) is 40.5 Å². The van der Waals surface area contributed by atoms with Crippen molar-refractivity contribution < 1.29 is 8.42 Å². The predicted octanol–water partition coefficient (Wildman–Crippen LogP) is 3.64. The predicted molar refractivity (Wildman–Crippen MR) is 88.7 cm³/mol. The molecule has 120 valence electrons. The molecule has 1 rings (SSSR count). The van der Waals surface area contributed by atoms with Crippen molar-refractivity contribution in [3.05, 3.63) is 27.2 Å². The van der Waals surface area contributed by atoms with E-state index in [1.54, 1.807) is 0 Å². The van der Waals surface area contributed by atoms with Gasteiger partial charge in [0.05, 0.1) is 10.0 Å². The topological polar surface area (TPSA) is 63.4 Å². The van der Waals surface area contributed by atoms with Crippen LogP contribution in [0.1, 0.15) is 20.3 Å². The fraction of sp³-hybridized carbons (Fsp3) is 0.538. The Hall–Kier alpha value is -0.0400. The van der Waals surface area contributed by atoms with Gasteiger partial charge in [-0.3, -0.25) is 0 Å². The number of nitrogens with two attached hydrogens (primary N) is 1. The van der Waals surface area contributed by atoms with Crippen LogP contribution in [0.25, 0.3) is 0 Å². The molecule has 1 aromatic rings. The summed E-state index contributed by atoms with van der Waals surface area (Å²) in [6, 6.07) is 2.64. The van der Waals surface area contributed by atoms with Crippen LogP contribution < -0.4 is 5.73 Å². The highest BCUT2D eigenvalue weighted by Crippen LogP contribution is 2.34. The average Bonchev–Trinajstić information content (AvgIpc) is 2.33. The van der Waals surface area contributed by atoms with Gasteiger partial charge in [-0.25, -0.2) is 12.7 Å². The molecule has 0 radical (unpaired) electrons. The van der Waals surface area contributed by atoms with E-state index in [9.17, 15) is 8.42 Å². The Morgan fingerprint density at radius 1 is 1.19 bits per heavy atom. The second kappa shape index (κ2) is 7.49. The van der Waals surface area contributed by atoms with Crippen LogP contribution in [0.3, 0.4) is 0 Å². The summed E-state index contributed by atoms with van der Waals surface area (Å²) in [6.07, 6.45) is 0.552. The Morgan fingerprint density at radius 2 is 1.67 bits per heavy atom. The summed E-state index contributed by atoms with van der Waals surface area (Å²) in [7, 11) is -2.31. The quantitative estimate of drug-likeness (QED) is 0.828. The smallest absolute Gasteiger partial charge is 0.245 e. The van der Waals surface area contributed by atoms with E-state index in [1.807, 2.05) is 13.8 Å². The molecule has 0 heterocycles. The largest absolute Gasteiger partial charge is 0.327 e. The van der Waals surface area contributed by atoms with Crippen molar-refractivity contribution in [3.63, 3.8) is 0 Å². The summed E-state index contributed by atoms with van der Waals surface area (Å²) < 4.78 is 26.3. The van der Waals surface area contributed by atoms with Crippen molar-refractivity contribution in [2.24, 2.45) is 11.7 Å². The van der Waals surface area contributed by atoms with E-state index in [-0.39, 0.29) is 38.5 Å². The second-order valence-electron chi connectivity index (χ2n) is 5.22. The SMILES string of the molecule is CC(C)C(N)CCN(C)S(=O)(=O)c1c(Cl)cc(Cl)cc1Cl. The van der Waals surface area contributed by atoms with Crippen molar-refractivity contribution in [1.29, 1.82) is 0 Å². The molecule has 0 aromatic heterocycles. The van der Waals surface area contributed by atoms with E-state index in [2.05, 4.69) is 0 Å². The first-order valence-electron chi connectivity index (χ1n) is 6.43. The molecular weight excluding hydrogens is 355 g/mol. The van der Waals surface area contributed by atoms with E-state index < -0.39 is 10.0 Å². The number of hydrogen-bond acceptors (Lipinski definition) is 3. The van der Waals surface area contributed by atoms with Crippen molar-refractivity contribution in [3.8, 4) is 0 Å². The van der Waals surface area contributed by atoms with Gasteiger partial charge in [-0.05, 0) is 24.5 Å². The first-order chi connectivity index (χ1) is 9.57. The molecule has 0 aliphatic carbocycles. The Morgan fingerprint density at radius 3 is 2.10 bits per heavy atom. The first-order valence-corrected chi connectivity index (χ1v) is 9.01. The number of halogens is 3. The molecule has 0 spiro atoms. The Kier molecular flexibility index (Phi) is 6.78. The van der Waals surface area contributed by atoms with Gasteiger partial charge in [-0.15, -0.1) is 0 Å². The lowest BCUT2D eigenvalue weighted by atomic mass is 10.0. The zero-order valence-corrected chi connectivity index (χ0v) is 15.2. The minimum atomic E-state index is -3.78. The van der Waals surface area contributed by atoms with Crippen molar-refractivity contribution >= 4 is 44.8 Å². The lowest BCUT2D eigenvalue weighted by molar-refractivity contribution is 0.397. The van der Waals surface area contributed by atoms with Crippen LogP contribution >= 0.6 is 34.8 Å². The lowest BCUT2D eigenvalue weighted by Gasteiger charge is -2.22. The van der Waals surface area contributed by atoms with E-state index in [1.165, 1.54) is 23.5 Å². The molecule has 8 heteroatoms. The molecule has 2 N–H and O–H groups in total. The lowest BCUT2D eigenvalue weighted by Crippen LogP contribution is -2.34. The highest BCUT2D eigenvalue weighted by Gasteiger charge is 2.27. The van der Waals surface area contributed by atoms with Gasteiger partial charge in [0.15, 0.2) is 0 Å². The third kappa shape index (κ3) is 4.71. The van der Waals surface area contributed by atoms with Gasteiger partial charge in [0.2, 0.25) is 10.0 Å². The average molecular weight is 374 g/mol. The van der Waals surface area contributed by atoms with Crippen LogP contribution in [0.5, 0.6) is 0 Å². The number of benzene rings is 1. The van der Waals surface area contributed by atoms with Gasteiger partial charge < -0.3 is 5.73 Å². The van der Waals surface area contributed by atoms with Crippen LogP contribution in [0.4, 0.5) is 0 Å². The van der Waals surface area contributed by atoms with E-state index in [0.717, 1.165) is 0 Å². The fourth-order valence-electron chi connectivity index (χ4n) is 1.72. The van der Waals surface area contributed by atoms with Gasteiger partial charge in [0.1, 0.15) is 4.90 Å². The highest BCUT2D eigenvalue weighted by atomic mass is 35.5. The second-order valence-corrected chi connectivity index (χ2v) is 8.45. The fourth-order valence-corrected chi connectivity index (χ4v) is 4.39. The van der Waals surface area contributed by atoms with Crippen LogP contribution in [0.2, 0.25) is 15.1 Å². The molecular formula is C13H19Cl3N2O2S. The van der Waals surface area contributed by atoms with Crippen LogP contribution in [0, 0.1) is 5.92 Å². The zero-order chi connectivity index (χ0) is 16.4. The maximum atomic E-state index is 12.5. The van der Waals surface area contributed by atoms with E-state index >= 15 is 0 Å². The third-order valence-corrected chi connectivity index (χ3v) is 6.26. The standard InChI is InChI=1S/C13H19Cl3N2O2S/c1-8(2)12(17)4-5-18(3)21(19,20)13-10(15)6-9(14)7-11(13)16/h6-8,12H,4-5,17H2,1-3H3. The maximum absolute atomic E-state index is 12.5. The van der Waals surface area contributed by atoms with Crippen molar-refractivity contribution in [2.75, 3.05) is 13.6 Å². The van der Waals surface area contributed by atoms with Gasteiger partial charge in [0, 0.05) is 24.7 Å². The van der Waals surface area contributed by atoms with Gasteiger partial charge in [0.25, 0.3) is 0 Å². The van der Waals surface area contributed by atoms with Crippen molar-refractivity contribution in [1.82, 2.24) is 4.31 Å². The summed E-state index contributed by atoms with van der Waals surface area (Å²) in [5.41, 5.74) is 5.94. The van der Waals surface area contributed by atoms with Crippen molar-refractivity contribution in [2.45, 2.75) is 31.2 Å².